The molecule has 0 saturated heterocycles. The van der Waals surface area contributed by atoms with E-state index in [9.17, 15) is 18.0 Å². The van der Waals surface area contributed by atoms with Gasteiger partial charge in [0.05, 0.1) is 20.6 Å². The average Bonchev–Trinajstić information content (AvgIpc) is 2.93. The number of anilines is 1. The van der Waals surface area contributed by atoms with Crippen LogP contribution in [0.2, 0.25) is 15.1 Å². The Morgan fingerprint density at radius 3 is 2.12 bits per heavy atom. The van der Waals surface area contributed by atoms with Crippen LogP contribution in [0.3, 0.4) is 0 Å². The van der Waals surface area contributed by atoms with Gasteiger partial charge >= 0.3 is 0 Å². The van der Waals surface area contributed by atoms with Crippen molar-refractivity contribution in [2.24, 2.45) is 0 Å². The number of aryl methyl sites for hydroxylation is 1. The molecule has 3 rings (SSSR count). The highest BCUT2D eigenvalue weighted by atomic mass is 35.5. The van der Waals surface area contributed by atoms with Gasteiger partial charge in [0.15, 0.2) is 0 Å². The number of hydrogen-bond donors (Lipinski definition) is 1. The second-order valence-electron chi connectivity index (χ2n) is 9.29. The molecule has 0 bridgehead atoms. The molecule has 0 aliphatic heterocycles. The standard InChI is InChI=1S/C29H32Cl3N3O4S/c1-4-16-33-29(37)27(5-2)34(18-21-8-10-22(30)11-9-21)28(36)19-35(23-12-15-25(31)26(32)17-23)40(38,39)24-13-6-20(3)7-14-24/h6-15,17,27H,4-5,16,18-19H2,1-3H3,(H,33,37)/t27-/m1/s1. The van der Waals surface area contributed by atoms with Crippen LogP contribution < -0.4 is 9.62 Å². The molecule has 214 valence electrons. The molecule has 0 aliphatic carbocycles. The molecule has 0 unspecified atom stereocenters. The Morgan fingerprint density at radius 2 is 1.55 bits per heavy atom. The number of benzene rings is 3. The van der Waals surface area contributed by atoms with E-state index in [0.717, 1.165) is 21.9 Å². The number of nitrogens with zero attached hydrogens (tertiary/aromatic N) is 2. The summed E-state index contributed by atoms with van der Waals surface area (Å²) in [6.45, 7) is 5.55. The molecule has 2 amide bonds. The molecule has 0 aliphatic rings. The van der Waals surface area contributed by atoms with Gasteiger partial charge < -0.3 is 10.2 Å². The second kappa shape index (κ2) is 14.2. The van der Waals surface area contributed by atoms with Gasteiger partial charge in [-0.2, -0.15) is 0 Å². The van der Waals surface area contributed by atoms with Gasteiger partial charge in [-0.1, -0.05) is 78.5 Å². The van der Waals surface area contributed by atoms with E-state index in [1.165, 1.54) is 35.2 Å². The fraction of sp³-hybridized carbons (Fsp3) is 0.310. The van der Waals surface area contributed by atoms with Crippen LogP contribution in [-0.2, 0) is 26.2 Å². The van der Waals surface area contributed by atoms with E-state index < -0.39 is 28.5 Å². The summed E-state index contributed by atoms with van der Waals surface area (Å²) in [6.07, 6.45) is 1.06. The molecule has 0 heterocycles. The third-order valence-electron chi connectivity index (χ3n) is 6.28. The molecule has 11 heteroatoms. The van der Waals surface area contributed by atoms with Crippen molar-refractivity contribution < 1.29 is 18.0 Å². The van der Waals surface area contributed by atoms with Gasteiger partial charge in [0.2, 0.25) is 11.8 Å². The number of carbonyl (C=O) groups excluding carboxylic acids is 2. The summed E-state index contributed by atoms with van der Waals surface area (Å²) in [6, 6.07) is 16.8. The molecule has 7 nitrogen and oxygen atoms in total. The zero-order chi connectivity index (χ0) is 29.4. The van der Waals surface area contributed by atoms with E-state index in [1.807, 2.05) is 13.8 Å². The monoisotopic (exact) mass is 623 g/mol. The number of sulfonamides is 1. The largest absolute Gasteiger partial charge is 0.354 e. The van der Waals surface area contributed by atoms with Crippen molar-refractivity contribution in [1.82, 2.24) is 10.2 Å². The number of amides is 2. The lowest BCUT2D eigenvalue weighted by molar-refractivity contribution is -0.140. The Bertz CT molecular complexity index is 1430. The first-order chi connectivity index (χ1) is 19.0. The highest BCUT2D eigenvalue weighted by Crippen LogP contribution is 2.31. The predicted molar refractivity (Wildman–Crippen MR) is 162 cm³/mol. The van der Waals surface area contributed by atoms with Crippen LogP contribution in [0.1, 0.15) is 37.8 Å². The maximum atomic E-state index is 14.0. The minimum Gasteiger partial charge on any atom is -0.354 e. The van der Waals surface area contributed by atoms with Crippen LogP contribution in [0.4, 0.5) is 5.69 Å². The summed E-state index contributed by atoms with van der Waals surface area (Å²) in [4.78, 5) is 28.6. The maximum absolute atomic E-state index is 14.0. The van der Waals surface area contributed by atoms with Crippen molar-refractivity contribution in [2.45, 2.75) is 51.1 Å². The summed E-state index contributed by atoms with van der Waals surface area (Å²) in [5.41, 5.74) is 1.79. The zero-order valence-corrected chi connectivity index (χ0v) is 25.6. The van der Waals surface area contributed by atoms with Crippen LogP contribution in [0, 0.1) is 6.92 Å². The van der Waals surface area contributed by atoms with Gasteiger partial charge in [0.1, 0.15) is 12.6 Å². The van der Waals surface area contributed by atoms with E-state index in [2.05, 4.69) is 5.32 Å². The van der Waals surface area contributed by atoms with Crippen LogP contribution in [-0.4, -0.2) is 44.3 Å². The van der Waals surface area contributed by atoms with E-state index in [4.69, 9.17) is 34.8 Å². The van der Waals surface area contributed by atoms with Crippen molar-refractivity contribution in [1.29, 1.82) is 0 Å². The fourth-order valence-electron chi connectivity index (χ4n) is 4.08. The lowest BCUT2D eigenvalue weighted by Crippen LogP contribution is -2.52. The van der Waals surface area contributed by atoms with Crippen LogP contribution in [0.15, 0.2) is 71.6 Å². The van der Waals surface area contributed by atoms with Crippen molar-refractivity contribution in [3.63, 3.8) is 0 Å². The Morgan fingerprint density at radius 1 is 0.900 bits per heavy atom. The molecule has 1 atom stereocenters. The number of nitrogens with one attached hydrogen (secondary N) is 1. The van der Waals surface area contributed by atoms with Gasteiger partial charge in [-0.05, 0) is 67.8 Å². The van der Waals surface area contributed by atoms with Crippen molar-refractivity contribution in [2.75, 3.05) is 17.4 Å². The van der Waals surface area contributed by atoms with Gasteiger partial charge in [0, 0.05) is 18.1 Å². The molecule has 0 spiro atoms. The normalized spacial score (nSPS) is 12.1. The Hall–Kier alpha value is -2.78. The van der Waals surface area contributed by atoms with E-state index in [-0.39, 0.29) is 33.1 Å². The third kappa shape index (κ3) is 7.91. The average molecular weight is 625 g/mol. The van der Waals surface area contributed by atoms with Crippen LogP contribution in [0.5, 0.6) is 0 Å². The van der Waals surface area contributed by atoms with Gasteiger partial charge in [-0.15, -0.1) is 0 Å². The van der Waals surface area contributed by atoms with Crippen LogP contribution in [0.25, 0.3) is 0 Å². The maximum Gasteiger partial charge on any atom is 0.264 e. The summed E-state index contributed by atoms with van der Waals surface area (Å²) in [5, 5.41) is 3.77. The van der Waals surface area contributed by atoms with E-state index >= 15 is 0 Å². The third-order valence-corrected chi connectivity index (χ3v) is 9.06. The number of hydrogen-bond acceptors (Lipinski definition) is 4. The minimum atomic E-state index is -4.21. The topological polar surface area (TPSA) is 86.8 Å². The summed E-state index contributed by atoms with van der Waals surface area (Å²) < 4.78 is 28.8. The molecule has 3 aromatic carbocycles. The molecule has 0 aromatic heterocycles. The van der Waals surface area contributed by atoms with E-state index in [0.29, 0.717) is 18.0 Å². The lowest BCUT2D eigenvalue weighted by Gasteiger charge is -2.33. The van der Waals surface area contributed by atoms with Crippen molar-refractivity contribution in [3.05, 3.63) is 92.9 Å². The molecular formula is C29H32Cl3N3O4S. The molecule has 1 N–H and O–H groups in total. The molecule has 0 fully saturated rings. The lowest BCUT2D eigenvalue weighted by atomic mass is 10.1. The summed E-state index contributed by atoms with van der Waals surface area (Å²) in [5.74, 6) is -0.871. The molecule has 3 aromatic rings. The summed E-state index contributed by atoms with van der Waals surface area (Å²) >= 11 is 18.4. The highest BCUT2D eigenvalue weighted by Gasteiger charge is 2.33. The Balaban J connectivity index is 2.07. The predicted octanol–water partition coefficient (Wildman–Crippen LogP) is 6.48. The molecule has 0 saturated carbocycles. The highest BCUT2D eigenvalue weighted by molar-refractivity contribution is 7.92. The van der Waals surface area contributed by atoms with Crippen LogP contribution >= 0.6 is 34.8 Å². The van der Waals surface area contributed by atoms with Crippen molar-refractivity contribution in [3.8, 4) is 0 Å². The second-order valence-corrected chi connectivity index (χ2v) is 12.4. The summed E-state index contributed by atoms with van der Waals surface area (Å²) in [7, 11) is -4.21. The molecular weight excluding hydrogens is 593 g/mol. The Kier molecular flexibility index (Phi) is 11.3. The van der Waals surface area contributed by atoms with Crippen molar-refractivity contribution >= 4 is 62.3 Å². The smallest absolute Gasteiger partial charge is 0.264 e. The van der Waals surface area contributed by atoms with Gasteiger partial charge in [-0.3, -0.25) is 13.9 Å². The quantitative estimate of drug-likeness (QED) is 0.250. The number of carbonyl (C=O) groups is 2. The first-order valence-electron chi connectivity index (χ1n) is 12.8. The zero-order valence-electron chi connectivity index (χ0n) is 22.5. The SMILES string of the molecule is CCCNC(=O)[C@@H](CC)N(Cc1ccc(Cl)cc1)C(=O)CN(c1ccc(Cl)c(Cl)c1)S(=O)(=O)c1ccc(C)cc1. The first kappa shape index (κ1) is 31.7. The molecule has 40 heavy (non-hydrogen) atoms. The van der Waals surface area contributed by atoms with E-state index in [1.54, 1.807) is 43.3 Å². The van der Waals surface area contributed by atoms with Gasteiger partial charge in [-0.25, -0.2) is 8.42 Å². The fourth-order valence-corrected chi connectivity index (χ4v) is 5.90. The Labute approximate surface area is 251 Å². The number of halogens is 3. The minimum absolute atomic E-state index is 0.00829. The number of rotatable bonds is 12. The van der Waals surface area contributed by atoms with Gasteiger partial charge in [0.25, 0.3) is 10.0 Å². The first-order valence-corrected chi connectivity index (χ1v) is 15.4. The molecule has 0 radical (unpaired) electrons.